The van der Waals surface area contributed by atoms with Crippen LogP contribution in [-0.2, 0) is 9.53 Å². The normalized spacial score (nSPS) is 15.9. The van der Waals surface area contributed by atoms with E-state index in [-0.39, 0.29) is 18.3 Å². The molecule has 0 bridgehead atoms. The monoisotopic (exact) mass is 400 g/mol. The first-order chi connectivity index (χ1) is 14.1. The van der Waals surface area contributed by atoms with Crippen LogP contribution in [-0.4, -0.2) is 67.0 Å². The van der Waals surface area contributed by atoms with E-state index in [2.05, 4.69) is 40.8 Å². The largest absolute Gasteiger partial charge is 0.508 e. The second-order valence-electron chi connectivity index (χ2n) is 6.04. The van der Waals surface area contributed by atoms with Gasteiger partial charge in [-0.3, -0.25) is 4.79 Å². The number of aromatic hydroxyl groups is 1. The molecule has 0 aliphatic carbocycles. The molecule has 1 fully saturated rings. The van der Waals surface area contributed by atoms with Gasteiger partial charge in [0.2, 0.25) is 11.8 Å². The maximum Gasteiger partial charge on any atom is 0.290 e. The van der Waals surface area contributed by atoms with E-state index < -0.39 is 0 Å². The van der Waals surface area contributed by atoms with Gasteiger partial charge in [0.05, 0.1) is 13.2 Å². The third-order valence-corrected chi connectivity index (χ3v) is 4.00. The van der Waals surface area contributed by atoms with E-state index in [9.17, 15) is 5.11 Å². The van der Waals surface area contributed by atoms with Gasteiger partial charge in [0.15, 0.2) is 0 Å². The van der Waals surface area contributed by atoms with Gasteiger partial charge in [-0.25, -0.2) is 4.98 Å². The summed E-state index contributed by atoms with van der Waals surface area (Å²) >= 11 is 0. The van der Waals surface area contributed by atoms with Crippen LogP contribution >= 0.6 is 0 Å². The summed E-state index contributed by atoms with van der Waals surface area (Å²) in [5.74, 6) is 2.04. The summed E-state index contributed by atoms with van der Waals surface area (Å²) < 4.78 is 5.73. The molecule has 2 aromatic heterocycles. The molecule has 3 aromatic rings. The Morgan fingerprint density at radius 3 is 2.76 bits per heavy atom. The standard InChI is InChI=1S/C16H18N8O2.CH2O2/c1-10-8-14(19-16(17-10)18-11-2-4-12(25)5-3-11)24-6-7-26-13(9-24)15-20-22-23-21-15;2-1-3/h2-5,8,13,25H,6-7,9H2,1H3,(H,17,18,19)(H,20,21,22,23);1H,(H,2,3). The zero-order valence-electron chi connectivity index (χ0n) is 15.6. The molecular weight excluding hydrogens is 380 g/mol. The molecule has 29 heavy (non-hydrogen) atoms. The third kappa shape index (κ3) is 5.35. The number of rotatable bonds is 4. The van der Waals surface area contributed by atoms with Crippen LogP contribution < -0.4 is 10.2 Å². The van der Waals surface area contributed by atoms with Gasteiger partial charge in [-0.2, -0.15) is 10.2 Å². The summed E-state index contributed by atoms with van der Waals surface area (Å²) in [6.07, 6.45) is -0.258. The van der Waals surface area contributed by atoms with Crippen LogP contribution in [0.4, 0.5) is 17.5 Å². The predicted molar refractivity (Wildman–Crippen MR) is 102 cm³/mol. The van der Waals surface area contributed by atoms with Crippen LogP contribution in [0.3, 0.4) is 0 Å². The van der Waals surface area contributed by atoms with Gasteiger partial charge in [0.25, 0.3) is 6.47 Å². The van der Waals surface area contributed by atoms with E-state index in [1.165, 1.54) is 0 Å². The number of ether oxygens (including phenoxy) is 1. The first-order valence-electron chi connectivity index (χ1n) is 8.68. The quantitative estimate of drug-likeness (QED) is 0.365. The van der Waals surface area contributed by atoms with Gasteiger partial charge in [-0.15, -0.1) is 10.2 Å². The molecule has 1 atom stereocenters. The number of aryl methyl sites for hydroxylation is 1. The highest BCUT2D eigenvalue weighted by molar-refractivity contribution is 5.56. The van der Waals surface area contributed by atoms with E-state index in [4.69, 9.17) is 14.6 Å². The molecule has 1 aliphatic rings. The van der Waals surface area contributed by atoms with Crippen molar-refractivity contribution >= 4 is 23.9 Å². The molecule has 1 saturated heterocycles. The van der Waals surface area contributed by atoms with Crippen LogP contribution in [0.1, 0.15) is 17.6 Å². The van der Waals surface area contributed by atoms with Crippen molar-refractivity contribution in [1.29, 1.82) is 0 Å². The van der Waals surface area contributed by atoms with Crippen LogP contribution in [0.15, 0.2) is 30.3 Å². The Bertz CT molecular complexity index is 920. The number of aromatic nitrogens is 6. The van der Waals surface area contributed by atoms with Crippen molar-refractivity contribution in [1.82, 2.24) is 30.6 Å². The molecule has 3 heterocycles. The van der Waals surface area contributed by atoms with E-state index in [1.54, 1.807) is 24.3 Å². The number of tetrazole rings is 1. The molecule has 4 N–H and O–H groups in total. The van der Waals surface area contributed by atoms with Crippen LogP contribution in [0, 0.1) is 6.92 Å². The number of phenolic OH excluding ortho intramolecular Hbond substituents is 1. The third-order valence-electron chi connectivity index (χ3n) is 4.00. The Hall–Kier alpha value is -3.80. The molecule has 152 valence electrons. The average Bonchev–Trinajstić information content (AvgIpc) is 3.25. The Balaban J connectivity index is 0.000000755. The maximum absolute atomic E-state index is 9.39. The predicted octanol–water partition coefficient (Wildman–Crippen LogP) is 1.03. The topological polar surface area (TPSA) is 162 Å². The lowest BCUT2D eigenvalue weighted by Gasteiger charge is -2.32. The van der Waals surface area contributed by atoms with Crippen molar-refractivity contribution in [2.75, 3.05) is 29.9 Å². The highest BCUT2D eigenvalue weighted by Gasteiger charge is 2.26. The van der Waals surface area contributed by atoms with Crippen molar-refractivity contribution in [3.63, 3.8) is 0 Å². The maximum atomic E-state index is 9.39. The number of nitrogens with one attached hydrogen (secondary N) is 2. The van der Waals surface area contributed by atoms with Gasteiger partial charge < -0.3 is 25.2 Å². The Morgan fingerprint density at radius 2 is 2.07 bits per heavy atom. The summed E-state index contributed by atoms with van der Waals surface area (Å²) in [6.45, 7) is 3.51. The fourth-order valence-electron chi connectivity index (χ4n) is 2.76. The SMILES string of the molecule is Cc1cc(N2CCOC(c3nn[nH]n3)C2)nc(Nc2ccc(O)cc2)n1.O=CO. The molecule has 0 radical (unpaired) electrons. The zero-order chi connectivity index (χ0) is 20.6. The molecular formula is C17H20N8O4. The summed E-state index contributed by atoms with van der Waals surface area (Å²) in [5, 5.41) is 33.5. The molecule has 1 aliphatic heterocycles. The fraction of sp³-hybridized carbons (Fsp3) is 0.294. The first-order valence-corrected chi connectivity index (χ1v) is 8.68. The van der Waals surface area contributed by atoms with Crippen molar-refractivity contribution < 1.29 is 19.7 Å². The van der Waals surface area contributed by atoms with Crippen LogP contribution in [0.25, 0.3) is 0 Å². The Labute approximate surface area is 165 Å². The molecule has 0 spiro atoms. The number of carbonyl (C=O) groups is 1. The number of benzene rings is 1. The summed E-state index contributed by atoms with van der Waals surface area (Å²) in [7, 11) is 0. The van der Waals surface area contributed by atoms with Gasteiger partial charge in [-0.05, 0) is 31.2 Å². The molecule has 4 rings (SSSR count). The molecule has 1 unspecified atom stereocenters. The summed E-state index contributed by atoms with van der Waals surface area (Å²) in [6, 6.07) is 8.68. The Kier molecular flexibility index (Phi) is 6.47. The average molecular weight is 400 g/mol. The van der Waals surface area contributed by atoms with Gasteiger partial charge in [0.1, 0.15) is 17.7 Å². The smallest absolute Gasteiger partial charge is 0.290 e. The van der Waals surface area contributed by atoms with Crippen LogP contribution in [0.5, 0.6) is 5.75 Å². The number of hydrogen-bond acceptors (Lipinski definition) is 10. The zero-order valence-corrected chi connectivity index (χ0v) is 15.6. The highest BCUT2D eigenvalue weighted by Crippen LogP contribution is 2.25. The lowest BCUT2D eigenvalue weighted by Crippen LogP contribution is -2.39. The highest BCUT2D eigenvalue weighted by atomic mass is 16.5. The first kappa shape index (κ1) is 19.9. The minimum Gasteiger partial charge on any atom is -0.508 e. The van der Waals surface area contributed by atoms with E-state index in [1.807, 2.05) is 13.0 Å². The van der Waals surface area contributed by atoms with Crippen LogP contribution in [0.2, 0.25) is 0 Å². The van der Waals surface area contributed by atoms with Crippen molar-refractivity contribution in [3.8, 4) is 5.75 Å². The van der Waals surface area contributed by atoms with Crippen molar-refractivity contribution in [2.45, 2.75) is 13.0 Å². The summed E-state index contributed by atoms with van der Waals surface area (Å²) in [5.41, 5.74) is 1.64. The lowest BCUT2D eigenvalue weighted by atomic mass is 10.2. The summed E-state index contributed by atoms with van der Waals surface area (Å²) in [4.78, 5) is 19.5. The van der Waals surface area contributed by atoms with E-state index >= 15 is 0 Å². The minimum atomic E-state index is -0.258. The molecule has 12 nitrogen and oxygen atoms in total. The molecule has 1 aromatic carbocycles. The second-order valence-corrected chi connectivity index (χ2v) is 6.04. The molecule has 12 heteroatoms. The number of morpholine rings is 1. The Morgan fingerprint density at radius 1 is 1.31 bits per heavy atom. The van der Waals surface area contributed by atoms with Gasteiger partial charge >= 0.3 is 0 Å². The number of nitrogens with zero attached hydrogens (tertiary/aromatic N) is 6. The second kappa shape index (κ2) is 9.41. The van der Waals surface area contributed by atoms with E-state index in [0.717, 1.165) is 17.2 Å². The number of H-pyrrole nitrogens is 1. The minimum absolute atomic E-state index is 0.210. The number of hydrogen-bond donors (Lipinski definition) is 4. The fourth-order valence-corrected chi connectivity index (χ4v) is 2.76. The van der Waals surface area contributed by atoms with Gasteiger partial charge in [-0.1, -0.05) is 5.21 Å². The molecule has 0 amide bonds. The lowest BCUT2D eigenvalue weighted by molar-refractivity contribution is -0.122. The van der Waals surface area contributed by atoms with Crippen molar-refractivity contribution in [2.24, 2.45) is 0 Å². The van der Waals surface area contributed by atoms with Crippen molar-refractivity contribution in [3.05, 3.63) is 41.9 Å². The number of anilines is 3. The van der Waals surface area contributed by atoms with E-state index in [0.29, 0.717) is 31.5 Å². The number of phenols is 1. The molecule has 0 saturated carbocycles. The number of carboxylic acid groups (broad SMARTS) is 1. The number of aromatic amines is 1. The van der Waals surface area contributed by atoms with Gasteiger partial charge in [0, 0.05) is 24.0 Å².